The largest absolute Gasteiger partial charge is 0.323 e. The molecule has 1 saturated heterocycles. The molecule has 114 valence electrons. The van der Waals surface area contributed by atoms with Crippen LogP contribution in [0, 0.1) is 5.92 Å². The Hall–Kier alpha value is -1.21. The van der Waals surface area contributed by atoms with Gasteiger partial charge in [-0.05, 0) is 31.8 Å². The molecule has 20 heavy (non-hydrogen) atoms. The molecule has 2 heterocycles. The number of aromatic nitrogens is 2. The van der Waals surface area contributed by atoms with Crippen LogP contribution in [-0.2, 0) is 11.3 Å². The average molecular weight is 309 g/mol. The summed E-state index contributed by atoms with van der Waals surface area (Å²) < 4.78 is 25.4. The van der Waals surface area contributed by atoms with Gasteiger partial charge in [0, 0.05) is 12.6 Å². The first-order valence-electron chi connectivity index (χ1n) is 6.44. The van der Waals surface area contributed by atoms with E-state index in [1.807, 2.05) is 0 Å². The summed E-state index contributed by atoms with van der Waals surface area (Å²) in [5, 5.41) is 9.68. The number of nitrogens with one attached hydrogen (secondary N) is 2. The molecule has 8 heteroatoms. The van der Waals surface area contributed by atoms with Gasteiger partial charge in [-0.2, -0.15) is 5.10 Å². The Kier molecular flexibility index (Phi) is 6.87. The van der Waals surface area contributed by atoms with Gasteiger partial charge in [-0.3, -0.25) is 9.48 Å². The molecule has 5 nitrogen and oxygen atoms in total. The van der Waals surface area contributed by atoms with Crippen LogP contribution in [0.4, 0.5) is 14.5 Å². The van der Waals surface area contributed by atoms with Crippen molar-refractivity contribution in [1.29, 1.82) is 0 Å². The molecule has 2 rings (SSSR count). The number of halogens is 3. The maximum absolute atomic E-state index is 12.1. The number of carbonyl (C=O) groups is 1. The Balaban J connectivity index is 0.00000200. The first kappa shape index (κ1) is 16.8. The summed E-state index contributed by atoms with van der Waals surface area (Å²) in [6, 6.07) is 0. The van der Waals surface area contributed by atoms with E-state index in [9.17, 15) is 13.6 Å². The lowest BCUT2D eigenvalue weighted by Crippen LogP contribution is -2.14. The number of rotatable bonds is 6. The summed E-state index contributed by atoms with van der Waals surface area (Å²) in [4.78, 5) is 11.7. The first-order chi connectivity index (χ1) is 9.13. The van der Waals surface area contributed by atoms with Crippen molar-refractivity contribution in [2.75, 3.05) is 18.4 Å². The third-order valence-electron chi connectivity index (χ3n) is 3.18. The summed E-state index contributed by atoms with van der Waals surface area (Å²) in [5.74, 6) is 0.468. The molecule has 0 saturated carbocycles. The zero-order valence-electron chi connectivity index (χ0n) is 11.0. The Morgan fingerprint density at radius 2 is 2.40 bits per heavy atom. The minimum atomic E-state index is -2.45. The van der Waals surface area contributed by atoms with Crippen LogP contribution in [0.1, 0.15) is 19.3 Å². The lowest BCUT2D eigenvalue weighted by atomic mass is 10.0. The molecule has 1 unspecified atom stereocenters. The molecular weight excluding hydrogens is 290 g/mol. The van der Waals surface area contributed by atoms with Crippen LogP contribution in [0.5, 0.6) is 0 Å². The number of nitrogens with zero attached hydrogens (tertiary/aromatic N) is 2. The topological polar surface area (TPSA) is 59.0 Å². The predicted octanol–water partition coefficient (Wildman–Crippen LogP) is 1.90. The third kappa shape index (κ3) is 5.42. The van der Waals surface area contributed by atoms with Crippen LogP contribution in [0.25, 0.3) is 0 Å². The number of alkyl halides is 2. The molecule has 0 spiro atoms. The van der Waals surface area contributed by atoms with Gasteiger partial charge in [-0.1, -0.05) is 0 Å². The molecule has 0 bridgehead atoms. The molecule has 0 aliphatic carbocycles. The Bertz CT molecular complexity index is 421. The van der Waals surface area contributed by atoms with E-state index in [2.05, 4.69) is 15.7 Å². The lowest BCUT2D eigenvalue weighted by Gasteiger charge is -2.07. The van der Waals surface area contributed by atoms with Gasteiger partial charge in [0.1, 0.15) is 6.54 Å². The highest BCUT2D eigenvalue weighted by Crippen LogP contribution is 2.15. The van der Waals surface area contributed by atoms with Gasteiger partial charge in [-0.15, -0.1) is 12.4 Å². The first-order valence-corrected chi connectivity index (χ1v) is 6.44. The van der Waals surface area contributed by atoms with Crippen molar-refractivity contribution in [1.82, 2.24) is 15.1 Å². The van der Waals surface area contributed by atoms with Gasteiger partial charge in [0.2, 0.25) is 5.91 Å². The van der Waals surface area contributed by atoms with Gasteiger partial charge in [-0.25, -0.2) is 8.78 Å². The van der Waals surface area contributed by atoms with E-state index in [1.54, 1.807) is 0 Å². The zero-order chi connectivity index (χ0) is 13.7. The van der Waals surface area contributed by atoms with Crippen LogP contribution in [0.2, 0.25) is 0 Å². The van der Waals surface area contributed by atoms with Crippen LogP contribution < -0.4 is 10.6 Å². The van der Waals surface area contributed by atoms with E-state index < -0.39 is 13.0 Å². The van der Waals surface area contributed by atoms with E-state index in [0.29, 0.717) is 18.0 Å². The molecule has 1 aromatic heterocycles. The van der Waals surface area contributed by atoms with Crippen molar-refractivity contribution in [3.05, 3.63) is 12.4 Å². The van der Waals surface area contributed by atoms with Crippen LogP contribution >= 0.6 is 12.4 Å². The van der Waals surface area contributed by atoms with Crippen LogP contribution in [-0.4, -0.2) is 35.2 Å². The monoisotopic (exact) mass is 308 g/mol. The van der Waals surface area contributed by atoms with Crippen molar-refractivity contribution >= 4 is 24.0 Å². The standard InChI is InChI=1S/C12H18F2N4O.ClH/c13-11(14)8-18-7-10(6-16-18)17-12(19)2-1-9-3-4-15-5-9;/h6-7,9,11,15H,1-5,8H2,(H,17,19);1H. The number of hydrogen-bond acceptors (Lipinski definition) is 3. The summed E-state index contributed by atoms with van der Waals surface area (Å²) in [7, 11) is 0. The Labute approximate surface area is 122 Å². The molecule has 0 radical (unpaired) electrons. The summed E-state index contributed by atoms with van der Waals surface area (Å²) >= 11 is 0. The second kappa shape index (κ2) is 8.16. The SMILES string of the molecule is Cl.O=C(CCC1CCNC1)Nc1cnn(CC(F)F)c1. The second-order valence-electron chi connectivity index (χ2n) is 4.79. The van der Waals surface area contributed by atoms with Gasteiger partial charge in [0.15, 0.2) is 0 Å². The average Bonchev–Trinajstić information content (AvgIpc) is 2.97. The smallest absolute Gasteiger partial charge is 0.257 e. The molecule has 1 fully saturated rings. The fourth-order valence-corrected chi connectivity index (χ4v) is 2.19. The molecule has 1 aromatic rings. The minimum Gasteiger partial charge on any atom is -0.323 e. The predicted molar refractivity (Wildman–Crippen MR) is 74.3 cm³/mol. The second-order valence-corrected chi connectivity index (χ2v) is 4.79. The summed E-state index contributed by atoms with van der Waals surface area (Å²) in [6.45, 7) is 1.54. The van der Waals surface area contributed by atoms with Crippen molar-refractivity contribution in [2.45, 2.75) is 32.2 Å². The third-order valence-corrected chi connectivity index (χ3v) is 3.18. The minimum absolute atomic E-state index is 0. The highest BCUT2D eigenvalue weighted by molar-refractivity contribution is 5.90. The van der Waals surface area contributed by atoms with Gasteiger partial charge >= 0.3 is 0 Å². The number of amides is 1. The Morgan fingerprint density at radius 3 is 3.05 bits per heavy atom. The number of anilines is 1. The van der Waals surface area contributed by atoms with E-state index in [4.69, 9.17) is 0 Å². The number of carbonyl (C=O) groups excluding carboxylic acids is 1. The molecule has 1 aliphatic rings. The lowest BCUT2D eigenvalue weighted by molar-refractivity contribution is -0.116. The fraction of sp³-hybridized carbons (Fsp3) is 0.667. The molecular formula is C12H19ClF2N4O. The zero-order valence-corrected chi connectivity index (χ0v) is 11.8. The molecule has 1 aliphatic heterocycles. The summed E-state index contributed by atoms with van der Waals surface area (Å²) in [6.07, 6.45) is 2.77. The van der Waals surface area contributed by atoms with E-state index in [-0.39, 0.29) is 18.3 Å². The molecule has 0 aromatic carbocycles. The maximum Gasteiger partial charge on any atom is 0.257 e. The normalized spacial score (nSPS) is 18.1. The van der Waals surface area contributed by atoms with Crippen molar-refractivity contribution < 1.29 is 13.6 Å². The van der Waals surface area contributed by atoms with E-state index >= 15 is 0 Å². The summed E-state index contributed by atoms with van der Waals surface area (Å²) in [5.41, 5.74) is 0.468. The van der Waals surface area contributed by atoms with Crippen molar-refractivity contribution in [3.8, 4) is 0 Å². The Morgan fingerprint density at radius 1 is 1.60 bits per heavy atom. The van der Waals surface area contributed by atoms with Gasteiger partial charge in [0.25, 0.3) is 6.43 Å². The van der Waals surface area contributed by atoms with Gasteiger partial charge in [0.05, 0.1) is 11.9 Å². The number of hydrogen-bond donors (Lipinski definition) is 2. The highest BCUT2D eigenvalue weighted by atomic mass is 35.5. The van der Waals surface area contributed by atoms with Crippen molar-refractivity contribution in [2.24, 2.45) is 5.92 Å². The van der Waals surface area contributed by atoms with Crippen LogP contribution in [0.3, 0.4) is 0 Å². The molecule has 1 amide bonds. The van der Waals surface area contributed by atoms with Crippen LogP contribution in [0.15, 0.2) is 12.4 Å². The quantitative estimate of drug-likeness (QED) is 0.844. The highest BCUT2D eigenvalue weighted by Gasteiger charge is 2.16. The maximum atomic E-state index is 12.1. The molecule has 1 atom stereocenters. The van der Waals surface area contributed by atoms with E-state index in [0.717, 1.165) is 30.6 Å². The fourth-order valence-electron chi connectivity index (χ4n) is 2.19. The van der Waals surface area contributed by atoms with Gasteiger partial charge < -0.3 is 10.6 Å². The van der Waals surface area contributed by atoms with E-state index in [1.165, 1.54) is 12.4 Å². The van der Waals surface area contributed by atoms with Crippen molar-refractivity contribution in [3.63, 3.8) is 0 Å². The molecule has 2 N–H and O–H groups in total.